The Hall–Kier alpha value is -1.06. The lowest BCUT2D eigenvalue weighted by Crippen LogP contribution is -2.38. The summed E-state index contributed by atoms with van der Waals surface area (Å²) >= 11 is 0. The molecular weight excluding hydrogens is 226 g/mol. The summed E-state index contributed by atoms with van der Waals surface area (Å²) in [5, 5.41) is 0. The molecule has 0 aliphatic rings. The molecule has 0 radical (unpaired) electrons. The average Bonchev–Trinajstić information content (AvgIpc) is 2.28. The molecule has 0 bridgehead atoms. The summed E-state index contributed by atoms with van der Waals surface area (Å²) < 4.78 is 11.5. The minimum atomic E-state index is -0.412. The molecule has 0 aromatic heterocycles. The zero-order chi connectivity index (χ0) is 13.8. The van der Waals surface area contributed by atoms with E-state index in [-0.39, 0.29) is 12.1 Å². The van der Waals surface area contributed by atoms with E-state index in [4.69, 9.17) is 15.2 Å². The van der Waals surface area contributed by atoms with Gasteiger partial charge in [-0.25, -0.2) is 0 Å². The summed E-state index contributed by atoms with van der Waals surface area (Å²) in [6.45, 7) is 10.7. The monoisotopic (exact) mass is 251 g/mol. The van der Waals surface area contributed by atoms with Gasteiger partial charge in [-0.1, -0.05) is 18.2 Å². The summed E-state index contributed by atoms with van der Waals surface area (Å²) in [5.74, 6) is 0.841. The van der Waals surface area contributed by atoms with Crippen LogP contribution in [-0.2, 0) is 4.74 Å². The Morgan fingerprint density at radius 1 is 1.22 bits per heavy atom. The van der Waals surface area contributed by atoms with Crippen LogP contribution >= 0.6 is 0 Å². The van der Waals surface area contributed by atoms with Crippen molar-refractivity contribution in [3.05, 3.63) is 29.8 Å². The quantitative estimate of drug-likeness (QED) is 0.843. The van der Waals surface area contributed by atoms with Crippen LogP contribution in [0.15, 0.2) is 24.3 Å². The van der Waals surface area contributed by atoms with E-state index in [2.05, 4.69) is 0 Å². The summed E-state index contributed by atoms with van der Waals surface area (Å²) in [6.07, 6.45) is 0.133. The number of benzene rings is 1. The largest absolute Gasteiger partial charge is 0.491 e. The lowest BCUT2D eigenvalue weighted by molar-refractivity contribution is -0.0304. The fourth-order valence-corrected chi connectivity index (χ4v) is 1.93. The number of hydrogen-bond acceptors (Lipinski definition) is 3. The Labute approximate surface area is 110 Å². The molecule has 1 aromatic rings. The molecule has 3 heteroatoms. The molecule has 1 aromatic carbocycles. The van der Waals surface area contributed by atoms with Gasteiger partial charge in [-0.3, -0.25) is 0 Å². The van der Waals surface area contributed by atoms with E-state index in [1.54, 1.807) is 0 Å². The highest BCUT2D eigenvalue weighted by atomic mass is 16.5. The highest BCUT2D eigenvalue weighted by Crippen LogP contribution is 2.33. The Balaban J connectivity index is 3.01. The van der Waals surface area contributed by atoms with E-state index < -0.39 is 5.60 Å². The third-order valence-electron chi connectivity index (χ3n) is 2.88. The molecule has 3 nitrogen and oxygen atoms in total. The maximum atomic E-state index is 6.33. The lowest BCUT2D eigenvalue weighted by atomic mass is 9.92. The molecule has 18 heavy (non-hydrogen) atoms. The Morgan fingerprint density at radius 3 is 2.39 bits per heavy atom. The molecule has 0 saturated carbocycles. The fourth-order valence-electron chi connectivity index (χ4n) is 1.93. The van der Waals surface area contributed by atoms with E-state index in [0.717, 1.165) is 11.3 Å². The van der Waals surface area contributed by atoms with E-state index in [9.17, 15) is 0 Å². The standard InChI is InChI=1S/C15H25NO2/c1-6-17-15(4,5)14(16)12-9-7-8-10-13(12)18-11(2)3/h7-11,14H,6,16H2,1-5H3. The van der Waals surface area contributed by atoms with Crippen LogP contribution in [0, 0.1) is 0 Å². The third-order valence-corrected chi connectivity index (χ3v) is 2.88. The van der Waals surface area contributed by atoms with Gasteiger partial charge in [-0.05, 0) is 40.7 Å². The topological polar surface area (TPSA) is 44.5 Å². The zero-order valence-electron chi connectivity index (χ0n) is 12.1. The van der Waals surface area contributed by atoms with Crippen LogP contribution in [0.3, 0.4) is 0 Å². The number of para-hydroxylation sites is 1. The molecule has 0 amide bonds. The summed E-state index contributed by atoms with van der Waals surface area (Å²) in [5.41, 5.74) is 6.91. The van der Waals surface area contributed by atoms with Gasteiger partial charge in [0.05, 0.1) is 17.7 Å². The fraction of sp³-hybridized carbons (Fsp3) is 0.600. The van der Waals surface area contributed by atoms with Gasteiger partial charge < -0.3 is 15.2 Å². The van der Waals surface area contributed by atoms with Gasteiger partial charge in [-0.2, -0.15) is 0 Å². The van der Waals surface area contributed by atoms with Gasteiger partial charge in [0.1, 0.15) is 5.75 Å². The minimum Gasteiger partial charge on any atom is -0.491 e. The van der Waals surface area contributed by atoms with E-state index in [1.807, 2.05) is 58.9 Å². The molecule has 1 atom stereocenters. The van der Waals surface area contributed by atoms with Gasteiger partial charge in [0.2, 0.25) is 0 Å². The van der Waals surface area contributed by atoms with Crippen LogP contribution in [0.1, 0.15) is 46.2 Å². The van der Waals surface area contributed by atoms with Gasteiger partial charge in [0, 0.05) is 12.2 Å². The molecule has 0 aliphatic carbocycles. The number of rotatable bonds is 6. The van der Waals surface area contributed by atoms with Gasteiger partial charge in [-0.15, -0.1) is 0 Å². The Morgan fingerprint density at radius 2 is 1.83 bits per heavy atom. The first-order valence-electron chi connectivity index (χ1n) is 6.53. The van der Waals surface area contributed by atoms with Crippen molar-refractivity contribution in [3.8, 4) is 5.75 Å². The van der Waals surface area contributed by atoms with Gasteiger partial charge in [0.25, 0.3) is 0 Å². The van der Waals surface area contributed by atoms with Gasteiger partial charge in [0.15, 0.2) is 0 Å². The van der Waals surface area contributed by atoms with E-state index >= 15 is 0 Å². The van der Waals surface area contributed by atoms with Crippen LogP contribution in [0.5, 0.6) is 5.75 Å². The van der Waals surface area contributed by atoms with Crippen molar-refractivity contribution in [3.63, 3.8) is 0 Å². The van der Waals surface area contributed by atoms with Crippen LogP contribution in [-0.4, -0.2) is 18.3 Å². The Bertz CT molecular complexity index is 375. The number of hydrogen-bond donors (Lipinski definition) is 1. The smallest absolute Gasteiger partial charge is 0.124 e. The van der Waals surface area contributed by atoms with Crippen LogP contribution in [0.2, 0.25) is 0 Å². The molecule has 0 spiro atoms. The van der Waals surface area contributed by atoms with Crippen LogP contribution in [0.25, 0.3) is 0 Å². The molecule has 0 aliphatic heterocycles. The normalized spacial score (nSPS) is 13.7. The first-order chi connectivity index (χ1) is 8.38. The molecule has 1 unspecified atom stereocenters. The van der Waals surface area contributed by atoms with Crippen LogP contribution in [0.4, 0.5) is 0 Å². The van der Waals surface area contributed by atoms with Crippen molar-refractivity contribution in [2.75, 3.05) is 6.61 Å². The summed E-state index contributed by atoms with van der Waals surface area (Å²) in [4.78, 5) is 0. The average molecular weight is 251 g/mol. The van der Waals surface area contributed by atoms with E-state index in [0.29, 0.717) is 6.61 Å². The van der Waals surface area contributed by atoms with E-state index in [1.165, 1.54) is 0 Å². The Kier molecular flexibility index (Phi) is 5.17. The first kappa shape index (κ1) is 15.0. The minimum absolute atomic E-state index is 0.133. The predicted molar refractivity (Wildman–Crippen MR) is 74.8 cm³/mol. The molecule has 1 rings (SSSR count). The van der Waals surface area contributed by atoms with Crippen molar-refractivity contribution in [1.29, 1.82) is 0 Å². The van der Waals surface area contributed by atoms with Crippen molar-refractivity contribution in [2.45, 2.75) is 52.4 Å². The summed E-state index contributed by atoms with van der Waals surface area (Å²) in [7, 11) is 0. The highest BCUT2D eigenvalue weighted by molar-refractivity contribution is 5.37. The highest BCUT2D eigenvalue weighted by Gasteiger charge is 2.30. The number of nitrogens with two attached hydrogens (primary N) is 1. The van der Waals surface area contributed by atoms with Crippen molar-refractivity contribution < 1.29 is 9.47 Å². The maximum absolute atomic E-state index is 6.33. The van der Waals surface area contributed by atoms with Crippen molar-refractivity contribution in [2.24, 2.45) is 5.73 Å². The molecular formula is C15H25NO2. The second-order valence-electron chi connectivity index (χ2n) is 5.22. The molecule has 102 valence electrons. The lowest BCUT2D eigenvalue weighted by Gasteiger charge is -2.32. The summed E-state index contributed by atoms with van der Waals surface area (Å²) in [6, 6.07) is 7.68. The first-order valence-corrected chi connectivity index (χ1v) is 6.53. The molecule has 0 heterocycles. The molecule has 2 N–H and O–H groups in total. The maximum Gasteiger partial charge on any atom is 0.124 e. The van der Waals surface area contributed by atoms with Crippen LogP contribution < -0.4 is 10.5 Å². The van der Waals surface area contributed by atoms with Gasteiger partial charge >= 0.3 is 0 Å². The molecule has 0 saturated heterocycles. The zero-order valence-corrected chi connectivity index (χ0v) is 12.1. The third kappa shape index (κ3) is 3.72. The second-order valence-corrected chi connectivity index (χ2v) is 5.22. The van der Waals surface area contributed by atoms with Crippen molar-refractivity contribution in [1.82, 2.24) is 0 Å². The SMILES string of the molecule is CCOC(C)(C)C(N)c1ccccc1OC(C)C. The van der Waals surface area contributed by atoms with Crippen molar-refractivity contribution >= 4 is 0 Å². The molecule has 0 fully saturated rings. The predicted octanol–water partition coefficient (Wildman–Crippen LogP) is 3.29. The number of ether oxygens (including phenoxy) is 2. The second kappa shape index (κ2) is 6.21.